The van der Waals surface area contributed by atoms with Gasteiger partial charge in [-0.25, -0.2) is 0 Å². The van der Waals surface area contributed by atoms with E-state index in [4.69, 9.17) is 5.73 Å². The van der Waals surface area contributed by atoms with E-state index in [-0.39, 0.29) is 5.91 Å². The summed E-state index contributed by atoms with van der Waals surface area (Å²) < 4.78 is 0. The number of nitrogens with zero attached hydrogens (tertiary/aromatic N) is 3. The molecular weight excluding hydrogens is 264 g/mol. The first kappa shape index (κ1) is 15.8. The number of nitrogen functional groups attached to an aromatic ring is 1. The molecule has 5 nitrogen and oxygen atoms in total. The maximum Gasteiger partial charge on any atom is 0.240 e. The van der Waals surface area contributed by atoms with Gasteiger partial charge in [-0.05, 0) is 57.7 Å². The van der Waals surface area contributed by atoms with Crippen LogP contribution in [0, 0.1) is 0 Å². The lowest BCUT2D eigenvalue weighted by Gasteiger charge is -2.36. The molecule has 1 heterocycles. The van der Waals surface area contributed by atoms with Crippen LogP contribution in [0.15, 0.2) is 24.3 Å². The molecular formula is C16H26N4O. The van der Waals surface area contributed by atoms with Crippen LogP contribution >= 0.6 is 0 Å². The molecule has 1 aromatic rings. The van der Waals surface area contributed by atoms with Gasteiger partial charge in [0.15, 0.2) is 0 Å². The number of carbonyl (C=O) groups is 1. The van der Waals surface area contributed by atoms with E-state index in [0.29, 0.717) is 18.3 Å². The zero-order chi connectivity index (χ0) is 15.4. The molecule has 1 atom stereocenters. The van der Waals surface area contributed by atoms with Crippen LogP contribution in [0.5, 0.6) is 0 Å². The van der Waals surface area contributed by atoms with Gasteiger partial charge in [-0.1, -0.05) is 0 Å². The quantitative estimate of drug-likeness (QED) is 0.848. The first-order chi connectivity index (χ1) is 9.97. The summed E-state index contributed by atoms with van der Waals surface area (Å²) in [6.45, 7) is 2.64. The van der Waals surface area contributed by atoms with Crippen LogP contribution in [0.3, 0.4) is 0 Å². The number of carbonyl (C=O) groups excluding carboxylic acids is 1. The average molecular weight is 290 g/mol. The molecule has 1 aromatic carbocycles. The van der Waals surface area contributed by atoms with E-state index in [1.165, 1.54) is 12.8 Å². The highest BCUT2D eigenvalue weighted by Crippen LogP contribution is 2.17. The number of hydrogen-bond acceptors (Lipinski definition) is 4. The van der Waals surface area contributed by atoms with Crippen molar-refractivity contribution in [3.8, 4) is 0 Å². The fourth-order valence-electron chi connectivity index (χ4n) is 2.79. The van der Waals surface area contributed by atoms with Crippen molar-refractivity contribution in [2.24, 2.45) is 0 Å². The van der Waals surface area contributed by atoms with Gasteiger partial charge in [0.05, 0.1) is 6.54 Å². The molecule has 0 bridgehead atoms. The summed E-state index contributed by atoms with van der Waals surface area (Å²) in [5, 5.41) is 0. The van der Waals surface area contributed by atoms with E-state index < -0.39 is 0 Å². The van der Waals surface area contributed by atoms with Gasteiger partial charge in [0.2, 0.25) is 5.91 Å². The van der Waals surface area contributed by atoms with Crippen molar-refractivity contribution in [3.63, 3.8) is 0 Å². The summed E-state index contributed by atoms with van der Waals surface area (Å²) in [7, 11) is 6.00. The third-order valence-corrected chi connectivity index (χ3v) is 4.26. The van der Waals surface area contributed by atoms with Crippen LogP contribution in [0.2, 0.25) is 0 Å². The van der Waals surface area contributed by atoms with E-state index in [9.17, 15) is 4.79 Å². The Morgan fingerprint density at radius 1 is 1.33 bits per heavy atom. The molecule has 1 aliphatic rings. The van der Waals surface area contributed by atoms with Gasteiger partial charge in [-0.2, -0.15) is 0 Å². The third-order valence-electron chi connectivity index (χ3n) is 4.26. The molecule has 1 fully saturated rings. The summed E-state index contributed by atoms with van der Waals surface area (Å²) in [4.78, 5) is 18.6. The molecule has 1 amide bonds. The summed E-state index contributed by atoms with van der Waals surface area (Å²) in [6.07, 6.45) is 2.37. The molecule has 2 rings (SSSR count). The summed E-state index contributed by atoms with van der Waals surface area (Å²) in [5.74, 6) is 0.107. The minimum Gasteiger partial charge on any atom is -0.399 e. The molecule has 1 unspecified atom stereocenters. The van der Waals surface area contributed by atoms with Crippen LogP contribution < -0.4 is 10.6 Å². The Labute approximate surface area is 127 Å². The predicted octanol–water partition coefficient (Wildman–Crippen LogP) is 1.26. The number of nitrogens with two attached hydrogens (primary N) is 1. The molecule has 0 spiro atoms. The molecule has 0 aliphatic carbocycles. The Kier molecular flexibility index (Phi) is 5.20. The van der Waals surface area contributed by atoms with Crippen molar-refractivity contribution >= 4 is 17.3 Å². The Hall–Kier alpha value is -1.59. The second-order valence-electron chi connectivity index (χ2n) is 6.02. The van der Waals surface area contributed by atoms with Crippen LogP contribution in [-0.2, 0) is 4.79 Å². The number of benzene rings is 1. The van der Waals surface area contributed by atoms with Crippen LogP contribution in [-0.4, -0.2) is 62.5 Å². The zero-order valence-electron chi connectivity index (χ0n) is 13.2. The largest absolute Gasteiger partial charge is 0.399 e. The topological polar surface area (TPSA) is 52.8 Å². The van der Waals surface area contributed by atoms with Gasteiger partial charge in [0.1, 0.15) is 0 Å². The van der Waals surface area contributed by atoms with Gasteiger partial charge in [-0.3, -0.25) is 9.69 Å². The van der Waals surface area contributed by atoms with Crippen molar-refractivity contribution in [3.05, 3.63) is 24.3 Å². The maximum absolute atomic E-state index is 12.4. The van der Waals surface area contributed by atoms with Crippen molar-refractivity contribution in [1.82, 2.24) is 9.80 Å². The van der Waals surface area contributed by atoms with Crippen molar-refractivity contribution in [2.45, 2.75) is 18.9 Å². The minimum atomic E-state index is 0.107. The van der Waals surface area contributed by atoms with E-state index in [0.717, 1.165) is 18.8 Å². The molecule has 2 N–H and O–H groups in total. The number of likely N-dealkylation sites (tertiary alicyclic amines) is 1. The molecule has 1 aliphatic heterocycles. The van der Waals surface area contributed by atoms with Gasteiger partial charge in [0.25, 0.3) is 0 Å². The summed E-state index contributed by atoms with van der Waals surface area (Å²) in [5.41, 5.74) is 7.27. The average Bonchev–Trinajstić information content (AvgIpc) is 2.47. The third kappa shape index (κ3) is 4.19. The Balaban J connectivity index is 1.92. The lowest BCUT2D eigenvalue weighted by Crippen LogP contribution is -2.48. The second-order valence-corrected chi connectivity index (χ2v) is 6.02. The van der Waals surface area contributed by atoms with Crippen molar-refractivity contribution < 1.29 is 4.79 Å². The van der Waals surface area contributed by atoms with E-state index in [1.807, 2.05) is 38.4 Å². The molecule has 0 radical (unpaired) electrons. The van der Waals surface area contributed by atoms with E-state index in [1.54, 1.807) is 4.90 Å². The van der Waals surface area contributed by atoms with Gasteiger partial charge < -0.3 is 15.5 Å². The minimum absolute atomic E-state index is 0.107. The van der Waals surface area contributed by atoms with Crippen molar-refractivity contribution in [2.75, 3.05) is 51.4 Å². The van der Waals surface area contributed by atoms with E-state index >= 15 is 0 Å². The standard InChI is InChI=1S/C16H26N4O/c1-18-10-4-5-15(11-18)19(2)12-16(21)20(3)14-8-6-13(17)7-9-14/h6-9,15H,4-5,10-12,17H2,1-3H3. The van der Waals surface area contributed by atoms with E-state index in [2.05, 4.69) is 16.8 Å². The van der Waals surface area contributed by atoms with Crippen LogP contribution in [0.25, 0.3) is 0 Å². The highest BCUT2D eigenvalue weighted by atomic mass is 16.2. The monoisotopic (exact) mass is 290 g/mol. The normalized spacial score (nSPS) is 19.7. The first-order valence-electron chi connectivity index (χ1n) is 7.48. The fraction of sp³-hybridized carbons (Fsp3) is 0.562. The van der Waals surface area contributed by atoms with Gasteiger partial charge in [0, 0.05) is 31.0 Å². The SMILES string of the molecule is CN1CCCC(N(C)CC(=O)N(C)c2ccc(N)cc2)C1. The summed E-state index contributed by atoms with van der Waals surface area (Å²) in [6, 6.07) is 7.86. The first-order valence-corrected chi connectivity index (χ1v) is 7.48. The number of piperidine rings is 1. The summed E-state index contributed by atoms with van der Waals surface area (Å²) >= 11 is 0. The smallest absolute Gasteiger partial charge is 0.240 e. The lowest BCUT2D eigenvalue weighted by molar-refractivity contribution is -0.119. The molecule has 1 saturated heterocycles. The fourth-order valence-corrected chi connectivity index (χ4v) is 2.79. The molecule has 116 valence electrons. The molecule has 0 saturated carbocycles. The molecule has 21 heavy (non-hydrogen) atoms. The molecule has 5 heteroatoms. The van der Waals surface area contributed by atoms with Gasteiger partial charge >= 0.3 is 0 Å². The Morgan fingerprint density at radius 3 is 2.62 bits per heavy atom. The Morgan fingerprint density at radius 2 is 2.00 bits per heavy atom. The number of anilines is 2. The van der Waals surface area contributed by atoms with Crippen molar-refractivity contribution in [1.29, 1.82) is 0 Å². The van der Waals surface area contributed by atoms with Crippen LogP contribution in [0.4, 0.5) is 11.4 Å². The Bertz CT molecular complexity index is 474. The second kappa shape index (κ2) is 6.91. The number of likely N-dealkylation sites (N-methyl/N-ethyl adjacent to an activating group) is 3. The van der Waals surface area contributed by atoms with Gasteiger partial charge in [-0.15, -0.1) is 0 Å². The van der Waals surface area contributed by atoms with Crippen LogP contribution in [0.1, 0.15) is 12.8 Å². The number of amides is 1. The zero-order valence-corrected chi connectivity index (χ0v) is 13.2. The highest BCUT2D eigenvalue weighted by molar-refractivity contribution is 5.94. The number of hydrogen-bond donors (Lipinski definition) is 1. The maximum atomic E-state index is 12.4. The predicted molar refractivity (Wildman–Crippen MR) is 87.4 cm³/mol. The number of rotatable bonds is 4. The molecule has 0 aromatic heterocycles. The lowest BCUT2D eigenvalue weighted by atomic mass is 10.1. The highest BCUT2D eigenvalue weighted by Gasteiger charge is 2.23.